The minimum Gasteiger partial charge on any atom is -0.491 e. The number of carbonyl (C=O) groups is 2. The number of carboxylic acids is 1. The Hall–Kier alpha value is -2.38. The number of amides is 2. The highest BCUT2D eigenvalue weighted by Crippen LogP contribution is 2.31. The fourth-order valence-electron chi connectivity index (χ4n) is 2.34. The third-order valence-electron chi connectivity index (χ3n) is 3.73. The van der Waals surface area contributed by atoms with Crippen molar-refractivity contribution >= 4 is 17.7 Å². The number of nitrogens with zero attached hydrogens (tertiary/aromatic N) is 1. The standard InChI is InChI=1S/C14H16F2N2O4/c1-14(12(19)20)3-4-18(7-14)13(21)17-8-5-9(15)11(22-2)10(16)6-8/h5-6H,3-4,7H2,1-2H3,(H,17,21)(H,19,20). The van der Waals surface area contributed by atoms with Gasteiger partial charge in [-0.05, 0) is 13.3 Å². The van der Waals surface area contributed by atoms with Crippen molar-refractivity contribution in [2.45, 2.75) is 13.3 Å². The Morgan fingerprint density at radius 1 is 1.36 bits per heavy atom. The number of urea groups is 1. The Labute approximate surface area is 125 Å². The first kappa shape index (κ1) is 16.0. The van der Waals surface area contributed by atoms with Gasteiger partial charge in [-0.15, -0.1) is 0 Å². The van der Waals surface area contributed by atoms with Gasteiger partial charge in [0.2, 0.25) is 0 Å². The number of anilines is 1. The monoisotopic (exact) mass is 314 g/mol. The predicted molar refractivity (Wildman–Crippen MR) is 73.9 cm³/mol. The normalized spacial score (nSPS) is 20.8. The summed E-state index contributed by atoms with van der Waals surface area (Å²) >= 11 is 0. The molecule has 1 atom stereocenters. The van der Waals surface area contributed by atoms with Crippen LogP contribution in [0.2, 0.25) is 0 Å². The smallest absolute Gasteiger partial charge is 0.321 e. The van der Waals surface area contributed by atoms with Crippen LogP contribution >= 0.6 is 0 Å². The highest BCUT2D eigenvalue weighted by Gasteiger charge is 2.42. The Balaban J connectivity index is 2.09. The van der Waals surface area contributed by atoms with E-state index in [4.69, 9.17) is 5.11 Å². The van der Waals surface area contributed by atoms with Crippen LogP contribution < -0.4 is 10.1 Å². The molecule has 0 bridgehead atoms. The first-order valence-corrected chi connectivity index (χ1v) is 6.59. The summed E-state index contributed by atoms with van der Waals surface area (Å²) in [7, 11) is 1.14. The number of likely N-dealkylation sites (tertiary alicyclic amines) is 1. The number of carboxylic acid groups (broad SMARTS) is 1. The number of rotatable bonds is 3. The van der Waals surface area contributed by atoms with Crippen molar-refractivity contribution in [1.29, 1.82) is 0 Å². The van der Waals surface area contributed by atoms with Crippen molar-refractivity contribution in [3.8, 4) is 5.75 Å². The lowest BCUT2D eigenvalue weighted by Crippen LogP contribution is -2.37. The van der Waals surface area contributed by atoms with E-state index >= 15 is 0 Å². The van der Waals surface area contributed by atoms with Crippen LogP contribution in [0.25, 0.3) is 0 Å². The molecule has 0 saturated carbocycles. The second kappa shape index (κ2) is 5.78. The van der Waals surface area contributed by atoms with Crippen LogP contribution in [0.1, 0.15) is 13.3 Å². The zero-order valence-corrected chi connectivity index (χ0v) is 12.2. The Kier molecular flexibility index (Phi) is 4.20. The van der Waals surface area contributed by atoms with E-state index < -0.39 is 34.8 Å². The number of benzene rings is 1. The fraction of sp³-hybridized carbons (Fsp3) is 0.429. The SMILES string of the molecule is COc1c(F)cc(NC(=O)N2CCC(C)(C(=O)O)C2)cc1F. The molecular formula is C14H16F2N2O4. The van der Waals surface area contributed by atoms with E-state index in [1.807, 2.05) is 0 Å². The van der Waals surface area contributed by atoms with Gasteiger partial charge in [0.15, 0.2) is 17.4 Å². The van der Waals surface area contributed by atoms with E-state index in [1.54, 1.807) is 6.92 Å². The highest BCUT2D eigenvalue weighted by molar-refractivity contribution is 5.90. The van der Waals surface area contributed by atoms with Crippen LogP contribution in [0.4, 0.5) is 19.3 Å². The summed E-state index contributed by atoms with van der Waals surface area (Å²) in [6.45, 7) is 1.85. The van der Waals surface area contributed by atoms with Crippen molar-refractivity contribution in [2.75, 3.05) is 25.5 Å². The summed E-state index contributed by atoms with van der Waals surface area (Å²) in [6, 6.07) is 1.27. The molecule has 1 heterocycles. The zero-order valence-electron chi connectivity index (χ0n) is 12.2. The van der Waals surface area contributed by atoms with Crippen molar-refractivity contribution in [1.82, 2.24) is 4.90 Å². The minimum absolute atomic E-state index is 0.0370. The summed E-state index contributed by atoms with van der Waals surface area (Å²) in [6.07, 6.45) is 0.321. The Bertz CT molecular complexity index is 600. The molecule has 1 unspecified atom stereocenters. The molecule has 1 aromatic carbocycles. The molecular weight excluding hydrogens is 298 g/mol. The van der Waals surface area contributed by atoms with Crippen LogP contribution in [-0.2, 0) is 4.79 Å². The molecule has 1 aromatic rings. The third kappa shape index (κ3) is 2.95. The van der Waals surface area contributed by atoms with Gasteiger partial charge in [0.25, 0.3) is 0 Å². The zero-order chi connectivity index (χ0) is 16.5. The van der Waals surface area contributed by atoms with Gasteiger partial charge >= 0.3 is 12.0 Å². The van der Waals surface area contributed by atoms with Crippen molar-refractivity contribution in [3.63, 3.8) is 0 Å². The first-order chi connectivity index (χ1) is 10.3. The van der Waals surface area contributed by atoms with Crippen LogP contribution in [0.3, 0.4) is 0 Å². The second-order valence-electron chi connectivity index (χ2n) is 5.44. The van der Waals surface area contributed by atoms with Crippen LogP contribution in [0.15, 0.2) is 12.1 Å². The van der Waals surface area contributed by atoms with E-state index in [-0.39, 0.29) is 18.8 Å². The molecule has 2 N–H and O–H groups in total. The van der Waals surface area contributed by atoms with E-state index in [0.29, 0.717) is 6.42 Å². The number of hydrogen-bond donors (Lipinski definition) is 2. The second-order valence-corrected chi connectivity index (χ2v) is 5.44. The number of halogens is 2. The van der Waals surface area contributed by atoms with Crippen LogP contribution in [0.5, 0.6) is 5.75 Å². The molecule has 6 nitrogen and oxygen atoms in total. The third-order valence-corrected chi connectivity index (χ3v) is 3.73. The number of methoxy groups -OCH3 is 1. The Morgan fingerprint density at radius 2 is 1.95 bits per heavy atom. The van der Waals surface area contributed by atoms with E-state index in [2.05, 4.69) is 10.1 Å². The molecule has 8 heteroatoms. The molecule has 2 amide bonds. The largest absolute Gasteiger partial charge is 0.491 e. The van der Waals surface area contributed by atoms with E-state index in [9.17, 15) is 18.4 Å². The molecule has 0 aromatic heterocycles. The fourth-order valence-corrected chi connectivity index (χ4v) is 2.34. The van der Waals surface area contributed by atoms with Gasteiger partial charge in [0.1, 0.15) is 0 Å². The molecule has 1 fully saturated rings. The average molecular weight is 314 g/mol. The number of aliphatic carboxylic acids is 1. The van der Waals surface area contributed by atoms with Crippen molar-refractivity contribution in [3.05, 3.63) is 23.8 Å². The summed E-state index contributed by atoms with van der Waals surface area (Å²) in [4.78, 5) is 24.5. The van der Waals surface area contributed by atoms with Crippen LogP contribution in [0, 0.1) is 17.0 Å². The average Bonchev–Trinajstić information content (AvgIpc) is 2.82. The number of hydrogen-bond acceptors (Lipinski definition) is 3. The maximum absolute atomic E-state index is 13.6. The lowest BCUT2D eigenvalue weighted by atomic mass is 9.90. The first-order valence-electron chi connectivity index (χ1n) is 6.59. The maximum atomic E-state index is 13.6. The number of nitrogens with one attached hydrogen (secondary N) is 1. The van der Waals surface area contributed by atoms with Crippen molar-refractivity contribution in [2.24, 2.45) is 5.41 Å². The molecule has 22 heavy (non-hydrogen) atoms. The highest BCUT2D eigenvalue weighted by atomic mass is 19.1. The summed E-state index contributed by atoms with van der Waals surface area (Å²) in [5, 5.41) is 11.5. The summed E-state index contributed by atoms with van der Waals surface area (Å²) < 4.78 is 31.7. The molecule has 1 aliphatic heterocycles. The Morgan fingerprint density at radius 3 is 2.41 bits per heavy atom. The topological polar surface area (TPSA) is 78.9 Å². The molecule has 0 radical (unpaired) electrons. The summed E-state index contributed by atoms with van der Waals surface area (Å²) in [5.74, 6) is -3.38. The minimum atomic E-state index is -1.01. The molecule has 1 saturated heterocycles. The number of ether oxygens (including phenoxy) is 1. The molecule has 1 aliphatic rings. The maximum Gasteiger partial charge on any atom is 0.321 e. The lowest BCUT2D eigenvalue weighted by Gasteiger charge is -2.20. The van der Waals surface area contributed by atoms with E-state index in [1.165, 1.54) is 4.90 Å². The van der Waals surface area contributed by atoms with Gasteiger partial charge in [-0.3, -0.25) is 4.79 Å². The lowest BCUT2D eigenvalue weighted by molar-refractivity contribution is -0.146. The van der Waals surface area contributed by atoms with Gasteiger partial charge in [-0.1, -0.05) is 0 Å². The van der Waals surface area contributed by atoms with E-state index in [0.717, 1.165) is 19.2 Å². The van der Waals surface area contributed by atoms with Crippen LogP contribution in [-0.4, -0.2) is 42.2 Å². The molecule has 0 spiro atoms. The van der Waals surface area contributed by atoms with Gasteiger partial charge in [-0.25, -0.2) is 13.6 Å². The predicted octanol–water partition coefficient (Wildman–Crippen LogP) is 2.30. The number of carbonyl (C=O) groups excluding carboxylic acids is 1. The molecule has 120 valence electrons. The van der Waals surface area contributed by atoms with Gasteiger partial charge in [-0.2, -0.15) is 0 Å². The molecule has 2 rings (SSSR count). The van der Waals surface area contributed by atoms with Gasteiger partial charge < -0.3 is 20.1 Å². The van der Waals surface area contributed by atoms with Gasteiger partial charge in [0.05, 0.1) is 12.5 Å². The quantitative estimate of drug-likeness (QED) is 0.897. The van der Waals surface area contributed by atoms with Gasteiger partial charge in [0, 0.05) is 30.9 Å². The van der Waals surface area contributed by atoms with Crippen molar-refractivity contribution < 1.29 is 28.2 Å². The molecule has 0 aliphatic carbocycles. The summed E-state index contributed by atoms with van der Waals surface area (Å²) in [5.41, 5.74) is -1.07.